The number of halogens is 3. The van der Waals surface area contributed by atoms with E-state index in [1.807, 2.05) is 4.90 Å². The second kappa shape index (κ2) is 9.07. The molecule has 0 saturated carbocycles. The molecule has 2 rings (SSSR count). The monoisotopic (exact) mass is 370 g/mol. The molecule has 1 fully saturated rings. The van der Waals surface area contributed by atoms with Crippen molar-refractivity contribution in [2.45, 2.75) is 39.1 Å². The van der Waals surface area contributed by atoms with Crippen LogP contribution in [-0.2, 0) is 4.79 Å². The smallest absolute Gasteiger partial charge is 0.406 e. The van der Waals surface area contributed by atoms with Crippen LogP contribution in [-0.4, -0.2) is 54.3 Å². The highest BCUT2D eigenvalue weighted by Crippen LogP contribution is 2.23. The first-order valence-corrected chi connectivity index (χ1v) is 8.89. The molecule has 1 aromatic carbocycles. The number of likely N-dealkylation sites (tertiary alicyclic amines) is 1. The largest absolute Gasteiger partial charge is 0.573 e. The van der Waals surface area contributed by atoms with Gasteiger partial charge in [-0.25, -0.2) is 0 Å². The van der Waals surface area contributed by atoms with Crippen molar-refractivity contribution < 1.29 is 22.7 Å². The quantitative estimate of drug-likeness (QED) is 0.682. The predicted molar refractivity (Wildman–Crippen MR) is 94.7 cm³/mol. The van der Waals surface area contributed by atoms with Crippen LogP contribution >= 0.6 is 0 Å². The van der Waals surface area contributed by atoms with Crippen molar-refractivity contribution >= 4 is 12.0 Å². The lowest BCUT2D eigenvalue weighted by molar-refractivity contribution is -0.274. The molecule has 26 heavy (non-hydrogen) atoms. The molecule has 0 aliphatic carbocycles. The minimum atomic E-state index is -4.71. The fraction of sp³-hybridized carbons (Fsp3) is 0.526. The van der Waals surface area contributed by atoms with E-state index in [0.29, 0.717) is 5.56 Å². The number of amides is 1. The number of nitrogens with zero attached hydrogens (tertiary/aromatic N) is 2. The number of alkyl halides is 3. The highest BCUT2D eigenvalue weighted by molar-refractivity contribution is 5.92. The number of hydrogen-bond donors (Lipinski definition) is 0. The summed E-state index contributed by atoms with van der Waals surface area (Å²) in [4.78, 5) is 16.7. The Labute approximate surface area is 152 Å². The Hall–Kier alpha value is -2.02. The topological polar surface area (TPSA) is 32.8 Å². The van der Waals surface area contributed by atoms with Crippen molar-refractivity contribution in [1.29, 1.82) is 0 Å². The molecule has 1 atom stereocenters. The van der Waals surface area contributed by atoms with E-state index in [9.17, 15) is 18.0 Å². The van der Waals surface area contributed by atoms with E-state index in [1.165, 1.54) is 30.3 Å². The Bertz CT molecular complexity index is 610. The zero-order valence-corrected chi connectivity index (χ0v) is 15.1. The first-order chi connectivity index (χ1) is 12.3. The van der Waals surface area contributed by atoms with Crippen molar-refractivity contribution in [3.63, 3.8) is 0 Å². The Morgan fingerprint density at radius 1 is 1.27 bits per heavy atom. The van der Waals surface area contributed by atoms with Crippen LogP contribution in [0.5, 0.6) is 5.75 Å². The summed E-state index contributed by atoms with van der Waals surface area (Å²) in [5.41, 5.74) is 0.646. The second-order valence-corrected chi connectivity index (χ2v) is 6.26. The number of hydrogen-bond acceptors (Lipinski definition) is 3. The third-order valence-corrected chi connectivity index (χ3v) is 4.56. The van der Waals surface area contributed by atoms with Crippen LogP contribution in [0, 0.1) is 0 Å². The van der Waals surface area contributed by atoms with E-state index in [4.69, 9.17) is 0 Å². The number of likely N-dealkylation sites (N-methyl/N-ethyl adjacent to an activating group) is 1. The summed E-state index contributed by atoms with van der Waals surface area (Å²) in [5.74, 6) is -0.338. The highest BCUT2D eigenvalue weighted by Gasteiger charge is 2.31. The van der Waals surface area contributed by atoms with Crippen LogP contribution in [0.3, 0.4) is 0 Å². The van der Waals surface area contributed by atoms with Crippen LogP contribution in [0.4, 0.5) is 13.2 Å². The molecular weight excluding hydrogens is 345 g/mol. The van der Waals surface area contributed by atoms with E-state index in [0.717, 1.165) is 39.0 Å². The molecule has 0 aromatic heterocycles. The number of carbonyl (C=O) groups is 1. The fourth-order valence-electron chi connectivity index (χ4n) is 3.14. The van der Waals surface area contributed by atoms with Gasteiger partial charge in [-0.2, -0.15) is 0 Å². The first-order valence-electron chi connectivity index (χ1n) is 8.89. The van der Waals surface area contributed by atoms with Crippen molar-refractivity contribution in [2.75, 3.05) is 26.2 Å². The van der Waals surface area contributed by atoms with Gasteiger partial charge in [0.05, 0.1) is 0 Å². The van der Waals surface area contributed by atoms with Crippen LogP contribution in [0.25, 0.3) is 6.08 Å². The lowest BCUT2D eigenvalue weighted by Crippen LogP contribution is -2.42. The summed E-state index contributed by atoms with van der Waals surface area (Å²) in [7, 11) is 0. The maximum atomic E-state index is 12.5. The normalized spacial score (nSPS) is 18.1. The first kappa shape index (κ1) is 20.3. The van der Waals surface area contributed by atoms with E-state index in [-0.39, 0.29) is 17.7 Å². The van der Waals surface area contributed by atoms with Gasteiger partial charge in [0.25, 0.3) is 0 Å². The molecule has 0 radical (unpaired) electrons. The van der Waals surface area contributed by atoms with Crippen LogP contribution in [0.15, 0.2) is 30.3 Å². The molecule has 1 heterocycles. The summed E-state index contributed by atoms with van der Waals surface area (Å²) in [6.07, 6.45) is 0.393. The van der Waals surface area contributed by atoms with E-state index in [2.05, 4.69) is 23.5 Å². The molecule has 0 bridgehead atoms. The number of benzene rings is 1. The molecule has 1 aliphatic heterocycles. The summed E-state index contributed by atoms with van der Waals surface area (Å²) in [6, 6.07) is 5.66. The fourth-order valence-corrected chi connectivity index (χ4v) is 3.14. The number of carbonyl (C=O) groups excluding carboxylic acids is 1. The van der Waals surface area contributed by atoms with Crippen molar-refractivity contribution in [1.82, 2.24) is 9.80 Å². The summed E-state index contributed by atoms with van der Waals surface area (Å²) < 4.78 is 40.3. The van der Waals surface area contributed by atoms with Gasteiger partial charge in [0, 0.05) is 25.2 Å². The summed E-state index contributed by atoms with van der Waals surface area (Å²) in [6.45, 7) is 7.74. The molecule has 1 aliphatic rings. The summed E-state index contributed by atoms with van der Waals surface area (Å²) in [5, 5.41) is 0. The van der Waals surface area contributed by atoms with Gasteiger partial charge in [-0.3, -0.25) is 4.79 Å². The Kier molecular flexibility index (Phi) is 7.08. The van der Waals surface area contributed by atoms with Crippen molar-refractivity contribution in [3.05, 3.63) is 35.9 Å². The number of rotatable bonds is 7. The van der Waals surface area contributed by atoms with Gasteiger partial charge >= 0.3 is 6.36 Å². The average Bonchev–Trinajstić information content (AvgIpc) is 3.05. The van der Waals surface area contributed by atoms with Gasteiger partial charge in [0.1, 0.15) is 5.75 Å². The van der Waals surface area contributed by atoms with Crippen LogP contribution < -0.4 is 4.74 Å². The van der Waals surface area contributed by atoms with Gasteiger partial charge < -0.3 is 14.5 Å². The lowest BCUT2D eigenvalue weighted by atomic mass is 10.2. The SMILES string of the molecule is CCN(CC)C[C@@H]1CCCN1C(=O)/C=C/c1ccc(OC(F)(F)F)cc1. The van der Waals surface area contributed by atoms with Gasteiger partial charge in [-0.15, -0.1) is 13.2 Å². The minimum Gasteiger partial charge on any atom is -0.406 e. The highest BCUT2D eigenvalue weighted by atomic mass is 19.4. The predicted octanol–water partition coefficient (Wildman–Crippen LogP) is 3.93. The van der Waals surface area contributed by atoms with Gasteiger partial charge in [-0.05, 0) is 49.7 Å². The third-order valence-electron chi connectivity index (χ3n) is 4.56. The molecule has 1 amide bonds. The zero-order valence-electron chi connectivity index (χ0n) is 15.1. The van der Waals surface area contributed by atoms with E-state index in [1.54, 1.807) is 6.08 Å². The standard InChI is InChI=1S/C19H25F3N2O2/c1-3-23(4-2)14-16-6-5-13-24(16)18(25)12-9-15-7-10-17(11-8-15)26-19(20,21)22/h7-12,16H,3-6,13-14H2,1-2H3/b12-9+/t16-/m0/s1. The van der Waals surface area contributed by atoms with Gasteiger partial charge in [0.2, 0.25) is 5.91 Å². The maximum absolute atomic E-state index is 12.5. The Balaban J connectivity index is 1.95. The van der Waals surface area contributed by atoms with E-state index >= 15 is 0 Å². The molecular formula is C19H25F3N2O2. The second-order valence-electron chi connectivity index (χ2n) is 6.26. The van der Waals surface area contributed by atoms with E-state index < -0.39 is 6.36 Å². The zero-order chi connectivity index (χ0) is 19.2. The molecule has 1 aromatic rings. The van der Waals surface area contributed by atoms with Crippen LogP contribution in [0.1, 0.15) is 32.3 Å². The Morgan fingerprint density at radius 3 is 2.50 bits per heavy atom. The summed E-state index contributed by atoms with van der Waals surface area (Å²) >= 11 is 0. The Morgan fingerprint density at radius 2 is 1.92 bits per heavy atom. The minimum absolute atomic E-state index is 0.0599. The van der Waals surface area contributed by atoms with Gasteiger partial charge in [0.15, 0.2) is 0 Å². The third kappa shape index (κ3) is 6.05. The molecule has 0 N–H and O–H groups in total. The van der Waals surface area contributed by atoms with Crippen LogP contribution in [0.2, 0.25) is 0 Å². The van der Waals surface area contributed by atoms with Crippen molar-refractivity contribution in [3.8, 4) is 5.75 Å². The van der Waals surface area contributed by atoms with Gasteiger partial charge in [-0.1, -0.05) is 26.0 Å². The molecule has 4 nitrogen and oxygen atoms in total. The molecule has 0 spiro atoms. The lowest BCUT2D eigenvalue weighted by Gasteiger charge is -2.29. The number of ether oxygens (including phenoxy) is 1. The maximum Gasteiger partial charge on any atom is 0.573 e. The van der Waals surface area contributed by atoms with Crippen molar-refractivity contribution in [2.24, 2.45) is 0 Å². The molecule has 144 valence electrons. The molecule has 1 saturated heterocycles. The average molecular weight is 370 g/mol. The molecule has 7 heteroatoms. The molecule has 0 unspecified atom stereocenters.